The molecule has 2 atom stereocenters. The second-order valence-corrected chi connectivity index (χ2v) is 10.3. The van der Waals surface area contributed by atoms with Gasteiger partial charge in [-0.05, 0) is 61.7 Å². The van der Waals surface area contributed by atoms with Gasteiger partial charge in [-0.25, -0.2) is 0 Å². The Hall–Kier alpha value is -4.20. The Kier molecular flexibility index (Phi) is 6.33. The zero-order valence-electron chi connectivity index (χ0n) is 22.5. The number of piperazine rings is 1. The van der Waals surface area contributed by atoms with E-state index in [1.165, 1.54) is 0 Å². The molecule has 8 nitrogen and oxygen atoms in total. The van der Waals surface area contributed by atoms with E-state index < -0.39 is 5.54 Å². The van der Waals surface area contributed by atoms with Crippen molar-refractivity contribution in [2.24, 2.45) is 0 Å². The minimum Gasteiger partial charge on any atom is -0.490 e. The summed E-state index contributed by atoms with van der Waals surface area (Å²) in [5, 5.41) is 1.05. The van der Waals surface area contributed by atoms with Crippen LogP contribution < -0.4 is 9.47 Å². The van der Waals surface area contributed by atoms with Crippen molar-refractivity contribution in [2.75, 3.05) is 26.3 Å². The number of benzene rings is 2. The van der Waals surface area contributed by atoms with Gasteiger partial charge in [0, 0.05) is 23.4 Å². The van der Waals surface area contributed by atoms with Crippen molar-refractivity contribution >= 4 is 22.7 Å². The number of nitrogens with zero attached hydrogens (tertiary/aromatic N) is 2. The molecule has 2 aromatic heterocycles. The predicted octanol–water partition coefficient (Wildman–Crippen LogP) is 5.18. The van der Waals surface area contributed by atoms with Crippen LogP contribution in [0.25, 0.3) is 10.9 Å². The molecule has 4 aromatic rings. The third kappa shape index (κ3) is 4.06. The van der Waals surface area contributed by atoms with E-state index in [1.807, 2.05) is 56.3 Å². The summed E-state index contributed by atoms with van der Waals surface area (Å²) in [6, 6.07) is 17.7. The summed E-state index contributed by atoms with van der Waals surface area (Å²) in [6.45, 7) is 7.63. The molecule has 6 rings (SSSR count). The van der Waals surface area contributed by atoms with E-state index in [0.29, 0.717) is 37.0 Å². The maximum Gasteiger partial charge on any atom is 0.255 e. The molecule has 0 unspecified atom stereocenters. The summed E-state index contributed by atoms with van der Waals surface area (Å²) in [4.78, 5) is 34.7. The van der Waals surface area contributed by atoms with E-state index >= 15 is 0 Å². The molecule has 39 heavy (non-hydrogen) atoms. The summed E-state index contributed by atoms with van der Waals surface area (Å²) in [7, 11) is 0. The van der Waals surface area contributed by atoms with Crippen LogP contribution in [0.4, 0.5) is 0 Å². The fourth-order valence-electron chi connectivity index (χ4n) is 6.03. The lowest BCUT2D eigenvalue weighted by atomic mass is 9.76. The zero-order valence-corrected chi connectivity index (χ0v) is 22.5. The summed E-state index contributed by atoms with van der Waals surface area (Å²) in [5.41, 5.74) is 2.57. The molecule has 1 saturated heterocycles. The number of nitrogens with one attached hydrogen (secondary N) is 1. The van der Waals surface area contributed by atoms with Crippen LogP contribution in [-0.4, -0.2) is 52.9 Å². The lowest BCUT2D eigenvalue weighted by molar-refractivity contribution is -0.167. The van der Waals surface area contributed by atoms with E-state index in [4.69, 9.17) is 13.9 Å². The van der Waals surface area contributed by atoms with Crippen LogP contribution in [0, 0.1) is 0 Å². The Balaban J connectivity index is 1.48. The smallest absolute Gasteiger partial charge is 0.255 e. The summed E-state index contributed by atoms with van der Waals surface area (Å²) >= 11 is 0. The van der Waals surface area contributed by atoms with Gasteiger partial charge < -0.3 is 28.7 Å². The van der Waals surface area contributed by atoms with Gasteiger partial charge in [-0.2, -0.15) is 0 Å². The number of para-hydroxylation sites is 1. The van der Waals surface area contributed by atoms with Gasteiger partial charge in [0.05, 0.1) is 31.7 Å². The molecule has 8 heteroatoms. The third-order valence-corrected chi connectivity index (χ3v) is 7.88. The Morgan fingerprint density at radius 3 is 2.67 bits per heavy atom. The number of aromatic nitrogens is 1. The van der Waals surface area contributed by atoms with Crippen molar-refractivity contribution in [3.8, 4) is 11.5 Å². The Morgan fingerprint density at radius 1 is 1.05 bits per heavy atom. The number of furan rings is 1. The lowest BCUT2D eigenvalue weighted by Gasteiger charge is -2.51. The van der Waals surface area contributed by atoms with Crippen LogP contribution in [0.2, 0.25) is 0 Å². The second kappa shape index (κ2) is 9.84. The molecule has 0 radical (unpaired) electrons. The number of hydrogen-bond donors (Lipinski definition) is 1. The molecule has 0 saturated carbocycles. The van der Waals surface area contributed by atoms with Crippen LogP contribution >= 0.6 is 0 Å². The van der Waals surface area contributed by atoms with Gasteiger partial charge in [-0.3, -0.25) is 9.59 Å². The highest BCUT2D eigenvalue weighted by molar-refractivity contribution is 6.01. The minimum atomic E-state index is -1.17. The van der Waals surface area contributed by atoms with Crippen LogP contribution in [0.15, 0.2) is 65.3 Å². The number of H-pyrrole nitrogens is 1. The van der Waals surface area contributed by atoms with Gasteiger partial charge in [0.25, 0.3) is 5.91 Å². The van der Waals surface area contributed by atoms with E-state index in [0.717, 1.165) is 34.1 Å². The molecule has 2 amide bonds. The standard InChI is InChI=1S/C31H33N3O5/c1-4-14-39-25-13-12-20(16-26(25)37-5-2)23-18-34-27(35)19-33(17-21-9-8-15-38-21)30(36)31(34,3)29-28(23)22-10-6-7-11-24(22)32-29/h6-13,15-16,23,32H,4-5,14,17-19H2,1-3H3/t23-,31-/m0/s1. The van der Waals surface area contributed by atoms with Crippen molar-refractivity contribution in [2.45, 2.75) is 45.2 Å². The maximum atomic E-state index is 14.2. The first-order chi connectivity index (χ1) is 19.0. The average Bonchev–Trinajstić information content (AvgIpc) is 3.60. The highest BCUT2D eigenvalue weighted by atomic mass is 16.5. The van der Waals surface area contributed by atoms with Crippen molar-refractivity contribution < 1.29 is 23.5 Å². The lowest BCUT2D eigenvalue weighted by Crippen LogP contribution is -2.67. The first kappa shape index (κ1) is 25.1. The molecular formula is C31H33N3O5. The van der Waals surface area contributed by atoms with E-state index in [2.05, 4.69) is 18.0 Å². The second-order valence-electron chi connectivity index (χ2n) is 10.3. The molecule has 0 spiro atoms. The van der Waals surface area contributed by atoms with Gasteiger partial charge in [0.1, 0.15) is 12.3 Å². The van der Waals surface area contributed by atoms with Gasteiger partial charge >= 0.3 is 0 Å². The predicted molar refractivity (Wildman–Crippen MR) is 147 cm³/mol. The van der Waals surface area contributed by atoms with Gasteiger partial charge in [-0.1, -0.05) is 31.2 Å². The number of aromatic amines is 1. The average molecular weight is 528 g/mol. The number of amides is 2. The van der Waals surface area contributed by atoms with Crippen molar-refractivity contribution in [3.05, 3.63) is 83.4 Å². The molecule has 4 heterocycles. The van der Waals surface area contributed by atoms with Crippen molar-refractivity contribution in [1.82, 2.24) is 14.8 Å². The summed E-state index contributed by atoms with van der Waals surface area (Å²) in [5.74, 6) is 1.67. The first-order valence-electron chi connectivity index (χ1n) is 13.6. The van der Waals surface area contributed by atoms with Crippen molar-refractivity contribution in [1.29, 1.82) is 0 Å². The molecule has 0 aliphatic carbocycles. The fourth-order valence-corrected chi connectivity index (χ4v) is 6.03. The number of hydrogen-bond acceptors (Lipinski definition) is 5. The number of rotatable bonds is 8. The zero-order chi connectivity index (χ0) is 27.1. The molecule has 2 aromatic carbocycles. The van der Waals surface area contributed by atoms with Crippen LogP contribution in [-0.2, 0) is 21.7 Å². The number of carbonyl (C=O) groups excluding carboxylic acids is 2. The molecule has 2 aliphatic rings. The van der Waals surface area contributed by atoms with E-state index in [-0.39, 0.29) is 30.8 Å². The SMILES string of the molecule is CCCOc1ccc([C@@H]2CN3C(=O)CN(Cc4ccco4)C(=O)[C@]3(C)c3[nH]c4ccccc4c32)cc1OCC. The Bertz CT molecular complexity index is 1520. The van der Waals surface area contributed by atoms with Gasteiger partial charge in [-0.15, -0.1) is 0 Å². The quantitative estimate of drug-likeness (QED) is 0.341. The van der Waals surface area contributed by atoms with Gasteiger partial charge in [0.15, 0.2) is 17.0 Å². The van der Waals surface area contributed by atoms with Gasteiger partial charge in [0.2, 0.25) is 5.91 Å². The highest BCUT2D eigenvalue weighted by Crippen LogP contribution is 2.49. The van der Waals surface area contributed by atoms with E-state index in [1.54, 1.807) is 22.1 Å². The number of carbonyl (C=O) groups is 2. The van der Waals surface area contributed by atoms with Crippen LogP contribution in [0.3, 0.4) is 0 Å². The Morgan fingerprint density at radius 2 is 1.90 bits per heavy atom. The summed E-state index contributed by atoms with van der Waals surface area (Å²) < 4.78 is 17.4. The Labute approximate surface area is 227 Å². The minimum absolute atomic E-state index is 0.00535. The fraction of sp³-hybridized carbons (Fsp3) is 0.355. The topological polar surface area (TPSA) is 88.0 Å². The number of fused-ring (bicyclic) bond motifs is 5. The molecule has 2 aliphatic heterocycles. The highest BCUT2D eigenvalue weighted by Gasteiger charge is 2.56. The van der Waals surface area contributed by atoms with E-state index in [9.17, 15) is 9.59 Å². The molecule has 1 N–H and O–H groups in total. The van der Waals surface area contributed by atoms with Crippen LogP contribution in [0.5, 0.6) is 11.5 Å². The number of ether oxygens (including phenoxy) is 2. The first-order valence-corrected chi connectivity index (χ1v) is 13.6. The monoisotopic (exact) mass is 527 g/mol. The molecule has 202 valence electrons. The molecule has 0 bridgehead atoms. The van der Waals surface area contributed by atoms with Crippen LogP contribution in [0.1, 0.15) is 55.7 Å². The molecular weight excluding hydrogens is 494 g/mol. The largest absolute Gasteiger partial charge is 0.490 e. The third-order valence-electron chi connectivity index (χ3n) is 7.88. The summed E-state index contributed by atoms with van der Waals surface area (Å²) in [6.07, 6.45) is 2.48. The molecule has 1 fully saturated rings. The maximum absolute atomic E-state index is 14.2. The van der Waals surface area contributed by atoms with Crippen molar-refractivity contribution in [3.63, 3.8) is 0 Å². The normalized spacial score (nSPS) is 20.7.